The molecule has 0 heterocycles. The van der Waals surface area contributed by atoms with E-state index in [9.17, 15) is 0 Å². The van der Waals surface area contributed by atoms with Crippen molar-refractivity contribution < 1.29 is 13.3 Å². The number of rotatable bonds is 25. The topological polar surface area (TPSA) is 53.7 Å². The minimum absolute atomic E-state index is 0.864. The standard InChI is InChI=1S/C25H55NO3Si/c1-27-30(28-2,29-3)25-23-21-19-17-15-13-11-9-7-5-4-6-8-10-12-14-16-18-20-22-24-26/h4-26H2,1-3H3. The Bertz CT molecular complexity index is 319. The summed E-state index contributed by atoms with van der Waals surface area (Å²) < 4.78 is 16.4. The summed E-state index contributed by atoms with van der Waals surface area (Å²) in [6, 6.07) is 0.936. The van der Waals surface area contributed by atoms with Gasteiger partial charge in [0.1, 0.15) is 0 Å². The van der Waals surface area contributed by atoms with Crippen LogP contribution >= 0.6 is 0 Å². The molecule has 0 fully saturated rings. The Hall–Kier alpha value is 0.0569. The molecule has 0 spiro atoms. The van der Waals surface area contributed by atoms with E-state index in [1.165, 1.54) is 122 Å². The summed E-state index contributed by atoms with van der Waals surface area (Å²) in [5.74, 6) is 0. The molecule has 0 aliphatic rings. The highest BCUT2D eigenvalue weighted by Gasteiger charge is 2.36. The smallest absolute Gasteiger partial charge is 0.377 e. The monoisotopic (exact) mass is 445 g/mol. The van der Waals surface area contributed by atoms with E-state index in [4.69, 9.17) is 19.0 Å². The highest BCUT2D eigenvalue weighted by atomic mass is 28.4. The molecule has 0 aromatic heterocycles. The van der Waals surface area contributed by atoms with Crippen LogP contribution < -0.4 is 5.73 Å². The quantitative estimate of drug-likeness (QED) is 0.116. The second-order valence-corrected chi connectivity index (χ2v) is 12.0. The van der Waals surface area contributed by atoms with Crippen LogP contribution in [0.25, 0.3) is 0 Å². The molecule has 0 unspecified atom stereocenters. The van der Waals surface area contributed by atoms with Gasteiger partial charge in [-0.15, -0.1) is 0 Å². The predicted molar refractivity (Wildman–Crippen MR) is 133 cm³/mol. The molecule has 0 rings (SSSR count). The fourth-order valence-electron chi connectivity index (χ4n) is 4.22. The highest BCUT2D eigenvalue weighted by Crippen LogP contribution is 2.19. The molecular formula is C25H55NO3Si. The average molecular weight is 446 g/mol. The molecule has 0 amide bonds. The van der Waals surface area contributed by atoms with Crippen LogP contribution in [-0.4, -0.2) is 36.7 Å². The van der Waals surface area contributed by atoms with Gasteiger partial charge in [0.2, 0.25) is 0 Å². The van der Waals surface area contributed by atoms with Crippen molar-refractivity contribution in [1.82, 2.24) is 0 Å². The molecule has 0 aromatic rings. The molecule has 30 heavy (non-hydrogen) atoms. The summed E-state index contributed by atoms with van der Waals surface area (Å²) in [6.45, 7) is 0.864. The van der Waals surface area contributed by atoms with Crippen LogP contribution in [0.5, 0.6) is 0 Å². The number of hydrogen-bond acceptors (Lipinski definition) is 4. The van der Waals surface area contributed by atoms with Crippen molar-refractivity contribution >= 4 is 8.80 Å². The van der Waals surface area contributed by atoms with Gasteiger partial charge in [0, 0.05) is 27.4 Å². The van der Waals surface area contributed by atoms with E-state index in [2.05, 4.69) is 0 Å². The number of hydrogen-bond donors (Lipinski definition) is 1. The Morgan fingerprint density at radius 3 is 0.867 bits per heavy atom. The van der Waals surface area contributed by atoms with Crippen molar-refractivity contribution in [3.63, 3.8) is 0 Å². The van der Waals surface area contributed by atoms with Crippen molar-refractivity contribution in [3.8, 4) is 0 Å². The lowest BCUT2D eigenvalue weighted by Crippen LogP contribution is -2.42. The molecule has 0 saturated heterocycles. The second-order valence-electron chi connectivity index (χ2n) is 8.91. The fraction of sp³-hybridized carbons (Fsp3) is 1.00. The molecule has 0 aromatic carbocycles. The molecule has 2 N–H and O–H groups in total. The van der Waals surface area contributed by atoms with Crippen molar-refractivity contribution in [3.05, 3.63) is 0 Å². The van der Waals surface area contributed by atoms with Crippen LogP contribution in [0.1, 0.15) is 128 Å². The van der Waals surface area contributed by atoms with E-state index in [1.807, 2.05) is 0 Å². The van der Waals surface area contributed by atoms with E-state index in [1.54, 1.807) is 21.3 Å². The van der Waals surface area contributed by atoms with Gasteiger partial charge in [-0.25, -0.2) is 0 Å². The van der Waals surface area contributed by atoms with Gasteiger partial charge in [-0.2, -0.15) is 0 Å². The Balaban J connectivity index is 3.16. The Labute approximate surface area is 190 Å². The van der Waals surface area contributed by atoms with Gasteiger partial charge in [0.05, 0.1) is 0 Å². The third kappa shape index (κ3) is 18.8. The third-order valence-corrected chi connectivity index (χ3v) is 9.20. The van der Waals surface area contributed by atoms with Gasteiger partial charge >= 0.3 is 8.80 Å². The van der Waals surface area contributed by atoms with Crippen molar-refractivity contribution in [2.24, 2.45) is 5.73 Å². The van der Waals surface area contributed by atoms with Crippen LogP contribution in [0.15, 0.2) is 0 Å². The van der Waals surface area contributed by atoms with Crippen molar-refractivity contribution in [1.29, 1.82) is 0 Å². The first kappa shape index (κ1) is 30.1. The summed E-state index contributed by atoms with van der Waals surface area (Å²) >= 11 is 0. The molecular weight excluding hydrogens is 390 g/mol. The maximum absolute atomic E-state index is 5.52. The zero-order chi connectivity index (χ0) is 22.2. The lowest BCUT2D eigenvalue weighted by molar-refractivity contribution is 0.122. The first-order valence-corrected chi connectivity index (χ1v) is 15.0. The highest BCUT2D eigenvalue weighted by molar-refractivity contribution is 6.60. The largest absolute Gasteiger partial charge is 0.500 e. The molecule has 0 radical (unpaired) electrons. The van der Waals surface area contributed by atoms with Gasteiger partial charge in [-0.3, -0.25) is 0 Å². The summed E-state index contributed by atoms with van der Waals surface area (Å²) in [6.07, 6.45) is 27.7. The number of nitrogens with two attached hydrogens (primary N) is 1. The summed E-state index contributed by atoms with van der Waals surface area (Å²) in [5, 5.41) is 0. The molecule has 5 heteroatoms. The Morgan fingerprint density at radius 1 is 0.400 bits per heavy atom. The van der Waals surface area contributed by atoms with E-state index in [-0.39, 0.29) is 0 Å². The zero-order valence-electron chi connectivity index (χ0n) is 20.9. The average Bonchev–Trinajstić information content (AvgIpc) is 2.78. The summed E-state index contributed by atoms with van der Waals surface area (Å²) in [5.41, 5.74) is 5.52. The van der Waals surface area contributed by atoms with Gasteiger partial charge in [-0.1, -0.05) is 116 Å². The second kappa shape index (κ2) is 23.7. The first-order valence-electron chi connectivity index (χ1n) is 13.1. The van der Waals surface area contributed by atoms with Crippen LogP contribution in [0.4, 0.5) is 0 Å². The lowest BCUT2D eigenvalue weighted by Gasteiger charge is -2.24. The molecule has 0 saturated carbocycles. The first-order chi connectivity index (χ1) is 14.7. The molecule has 0 aliphatic carbocycles. The fourth-order valence-corrected chi connectivity index (χ4v) is 6.02. The Kier molecular flexibility index (Phi) is 23.8. The SMILES string of the molecule is CO[Si](CCCCCCCCCCCCCCCCCCCCCCN)(OC)OC. The van der Waals surface area contributed by atoms with Crippen LogP contribution in [0, 0.1) is 0 Å². The number of unbranched alkanes of at least 4 members (excludes halogenated alkanes) is 19. The molecule has 4 nitrogen and oxygen atoms in total. The van der Waals surface area contributed by atoms with Crippen LogP contribution in [-0.2, 0) is 13.3 Å². The van der Waals surface area contributed by atoms with Gasteiger partial charge < -0.3 is 19.0 Å². The third-order valence-electron chi connectivity index (χ3n) is 6.37. The molecule has 182 valence electrons. The van der Waals surface area contributed by atoms with Gasteiger partial charge in [0.15, 0.2) is 0 Å². The maximum Gasteiger partial charge on any atom is 0.500 e. The van der Waals surface area contributed by atoms with E-state index in [0.29, 0.717) is 0 Å². The predicted octanol–water partition coefficient (Wildman–Crippen LogP) is 7.63. The Morgan fingerprint density at radius 2 is 0.633 bits per heavy atom. The van der Waals surface area contributed by atoms with Crippen molar-refractivity contribution in [2.45, 2.75) is 134 Å². The van der Waals surface area contributed by atoms with Crippen LogP contribution in [0.3, 0.4) is 0 Å². The lowest BCUT2D eigenvalue weighted by atomic mass is 10.0. The summed E-state index contributed by atoms with van der Waals surface area (Å²) in [7, 11) is 2.77. The minimum Gasteiger partial charge on any atom is -0.377 e. The van der Waals surface area contributed by atoms with Gasteiger partial charge in [0.25, 0.3) is 0 Å². The van der Waals surface area contributed by atoms with Gasteiger partial charge in [-0.05, 0) is 19.4 Å². The van der Waals surface area contributed by atoms with Crippen LogP contribution in [0.2, 0.25) is 6.04 Å². The normalized spacial score (nSPS) is 12.0. The van der Waals surface area contributed by atoms with E-state index in [0.717, 1.165) is 19.0 Å². The summed E-state index contributed by atoms with van der Waals surface area (Å²) in [4.78, 5) is 0. The zero-order valence-corrected chi connectivity index (χ0v) is 21.9. The van der Waals surface area contributed by atoms with E-state index < -0.39 is 8.80 Å². The van der Waals surface area contributed by atoms with E-state index >= 15 is 0 Å². The molecule has 0 aliphatic heterocycles. The maximum atomic E-state index is 5.52. The molecule has 0 atom stereocenters. The van der Waals surface area contributed by atoms with Crippen molar-refractivity contribution in [2.75, 3.05) is 27.9 Å². The molecule has 0 bridgehead atoms. The minimum atomic E-state index is -2.34.